The molecule has 1 aromatic heterocycles. The van der Waals surface area contributed by atoms with Gasteiger partial charge in [-0.1, -0.05) is 11.6 Å². The van der Waals surface area contributed by atoms with Crippen molar-refractivity contribution in [2.45, 2.75) is 19.9 Å². The van der Waals surface area contributed by atoms with E-state index in [0.717, 1.165) is 5.69 Å². The van der Waals surface area contributed by atoms with Crippen molar-refractivity contribution in [3.63, 3.8) is 0 Å². The first-order valence-corrected chi connectivity index (χ1v) is 4.28. The van der Waals surface area contributed by atoms with Crippen LogP contribution in [0.15, 0.2) is 12.1 Å². The van der Waals surface area contributed by atoms with Crippen molar-refractivity contribution in [3.05, 3.63) is 28.5 Å². The van der Waals surface area contributed by atoms with Crippen LogP contribution in [-0.4, -0.2) is 10.8 Å². The minimum Gasteiger partial charge on any atom is -0.318 e. The van der Waals surface area contributed by atoms with Crippen LogP contribution >= 0.6 is 11.6 Å². The van der Waals surface area contributed by atoms with Gasteiger partial charge in [0.2, 0.25) is 0 Å². The fraction of sp³-hybridized carbons (Fsp3) is 0.333. The van der Waals surface area contributed by atoms with E-state index in [9.17, 15) is 4.79 Å². The minimum absolute atomic E-state index is 0.0818. The summed E-state index contributed by atoms with van der Waals surface area (Å²) in [7, 11) is 0. The number of hydrogen-bond acceptors (Lipinski definition) is 3. The third-order valence-corrected chi connectivity index (χ3v) is 1.94. The largest absolute Gasteiger partial charge is 0.318 e. The summed E-state index contributed by atoms with van der Waals surface area (Å²) in [5.41, 5.74) is 7.12. The molecule has 1 atom stereocenters. The second-order valence-electron chi connectivity index (χ2n) is 2.95. The van der Waals surface area contributed by atoms with Crippen molar-refractivity contribution in [2.75, 3.05) is 0 Å². The molecule has 0 radical (unpaired) electrons. The molecule has 13 heavy (non-hydrogen) atoms. The molecule has 0 saturated heterocycles. The van der Waals surface area contributed by atoms with Crippen molar-refractivity contribution in [3.8, 4) is 0 Å². The maximum absolute atomic E-state index is 11.0. The second kappa shape index (κ2) is 3.85. The number of Topliss-reactive ketones (excluding diaryl/α,β-unsaturated/α-hetero) is 1. The van der Waals surface area contributed by atoms with Gasteiger partial charge in [0.1, 0.15) is 5.15 Å². The van der Waals surface area contributed by atoms with E-state index in [-0.39, 0.29) is 5.78 Å². The Kier molecular flexibility index (Phi) is 3.01. The van der Waals surface area contributed by atoms with E-state index in [2.05, 4.69) is 4.98 Å². The van der Waals surface area contributed by atoms with Gasteiger partial charge in [0.25, 0.3) is 0 Å². The maximum Gasteiger partial charge on any atom is 0.150 e. The molecule has 0 aliphatic heterocycles. The van der Waals surface area contributed by atoms with E-state index >= 15 is 0 Å². The Balaban J connectivity index is 3.07. The number of rotatable bonds is 2. The first-order chi connectivity index (χ1) is 6.00. The Morgan fingerprint density at radius 3 is 2.69 bits per heavy atom. The quantitative estimate of drug-likeness (QED) is 0.735. The van der Waals surface area contributed by atoms with Crippen molar-refractivity contribution < 1.29 is 4.79 Å². The van der Waals surface area contributed by atoms with E-state index in [0.29, 0.717) is 10.7 Å². The third-order valence-electron chi connectivity index (χ3n) is 1.74. The van der Waals surface area contributed by atoms with Gasteiger partial charge in [0.05, 0.1) is 6.04 Å². The Morgan fingerprint density at radius 1 is 1.62 bits per heavy atom. The monoisotopic (exact) mass is 198 g/mol. The summed E-state index contributed by atoms with van der Waals surface area (Å²) in [5.74, 6) is -0.0818. The number of pyridine rings is 1. The molecule has 2 N–H and O–H groups in total. The normalized spacial score (nSPS) is 12.6. The van der Waals surface area contributed by atoms with Crippen LogP contribution in [0.5, 0.6) is 0 Å². The molecule has 0 aliphatic carbocycles. The molecule has 0 aromatic carbocycles. The molecule has 0 spiro atoms. The van der Waals surface area contributed by atoms with Crippen LogP contribution in [0.25, 0.3) is 0 Å². The molecular weight excluding hydrogens is 188 g/mol. The van der Waals surface area contributed by atoms with E-state index in [1.165, 1.54) is 6.92 Å². The maximum atomic E-state index is 11.0. The molecule has 4 heteroatoms. The van der Waals surface area contributed by atoms with Gasteiger partial charge in [-0.15, -0.1) is 0 Å². The van der Waals surface area contributed by atoms with Gasteiger partial charge in [-0.2, -0.15) is 0 Å². The number of ketones is 1. The van der Waals surface area contributed by atoms with Crippen molar-refractivity contribution in [1.29, 1.82) is 0 Å². The van der Waals surface area contributed by atoms with Gasteiger partial charge in [-0.25, -0.2) is 4.98 Å². The molecule has 3 nitrogen and oxygen atoms in total. The van der Waals surface area contributed by atoms with E-state index in [1.54, 1.807) is 12.1 Å². The highest BCUT2D eigenvalue weighted by Gasteiger charge is 2.11. The van der Waals surface area contributed by atoms with Crippen LogP contribution in [0.4, 0.5) is 0 Å². The van der Waals surface area contributed by atoms with Crippen molar-refractivity contribution >= 4 is 17.4 Å². The Hall–Kier alpha value is -0.930. The fourth-order valence-corrected chi connectivity index (χ4v) is 1.33. The average molecular weight is 199 g/mol. The highest BCUT2D eigenvalue weighted by Crippen LogP contribution is 2.16. The molecule has 0 saturated carbocycles. The number of carbonyl (C=O) groups is 1. The van der Waals surface area contributed by atoms with Crippen LogP contribution in [0, 0.1) is 6.92 Å². The summed E-state index contributed by atoms with van der Waals surface area (Å²) in [6.07, 6.45) is 0. The molecule has 1 aromatic rings. The summed E-state index contributed by atoms with van der Waals surface area (Å²) >= 11 is 5.72. The van der Waals surface area contributed by atoms with Crippen molar-refractivity contribution in [2.24, 2.45) is 5.73 Å². The zero-order valence-corrected chi connectivity index (χ0v) is 8.30. The Labute approximate surface area is 81.9 Å². The van der Waals surface area contributed by atoms with Crippen LogP contribution in [0.2, 0.25) is 5.15 Å². The molecule has 0 aliphatic rings. The van der Waals surface area contributed by atoms with Crippen LogP contribution in [0.3, 0.4) is 0 Å². The minimum atomic E-state index is -0.598. The highest BCUT2D eigenvalue weighted by molar-refractivity contribution is 6.29. The SMILES string of the molecule is CC(=O)C(N)c1cc(C)nc(Cl)c1. The number of halogens is 1. The molecule has 0 amide bonds. The lowest BCUT2D eigenvalue weighted by Gasteiger charge is -2.08. The average Bonchev–Trinajstić information content (AvgIpc) is 2.01. The lowest BCUT2D eigenvalue weighted by Crippen LogP contribution is -2.18. The highest BCUT2D eigenvalue weighted by atomic mass is 35.5. The molecule has 1 heterocycles. The number of carbonyl (C=O) groups excluding carboxylic acids is 1. The van der Waals surface area contributed by atoms with Gasteiger partial charge < -0.3 is 5.73 Å². The smallest absolute Gasteiger partial charge is 0.150 e. The van der Waals surface area contributed by atoms with E-state index < -0.39 is 6.04 Å². The van der Waals surface area contributed by atoms with E-state index in [4.69, 9.17) is 17.3 Å². The predicted octanol–water partition coefficient (Wildman–Crippen LogP) is 1.63. The third kappa shape index (κ3) is 2.50. The Morgan fingerprint density at radius 2 is 2.23 bits per heavy atom. The number of nitrogens with two attached hydrogens (primary N) is 1. The van der Waals surface area contributed by atoms with Gasteiger partial charge >= 0.3 is 0 Å². The number of aryl methyl sites for hydroxylation is 1. The number of nitrogens with zero attached hydrogens (tertiary/aromatic N) is 1. The summed E-state index contributed by atoms with van der Waals surface area (Å²) in [6.45, 7) is 3.26. The topological polar surface area (TPSA) is 56.0 Å². The van der Waals surface area contributed by atoms with Gasteiger partial charge in [0.15, 0.2) is 5.78 Å². The van der Waals surface area contributed by atoms with Gasteiger partial charge in [0, 0.05) is 5.69 Å². The second-order valence-corrected chi connectivity index (χ2v) is 3.34. The summed E-state index contributed by atoms with van der Waals surface area (Å²) < 4.78 is 0. The summed E-state index contributed by atoms with van der Waals surface area (Å²) in [6, 6.07) is 2.78. The molecule has 1 rings (SSSR count). The predicted molar refractivity (Wildman–Crippen MR) is 51.6 cm³/mol. The zero-order valence-electron chi connectivity index (χ0n) is 7.54. The number of aromatic nitrogens is 1. The zero-order chi connectivity index (χ0) is 10.0. The molecular formula is C9H11ClN2O. The van der Waals surface area contributed by atoms with Crippen LogP contribution in [0.1, 0.15) is 24.2 Å². The number of hydrogen-bond donors (Lipinski definition) is 1. The molecule has 0 fully saturated rings. The van der Waals surface area contributed by atoms with E-state index in [1.807, 2.05) is 6.92 Å². The fourth-order valence-electron chi connectivity index (χ4n) is 1.07. The standard InChI is InChI=1S/C9H11ClN2O/c1-5-3-7(4-8(10)12-5)9(11)6(2)13/h3-4,9H,11H2,1-2H3. The lowest BCUT2D eigenvalue weighted by atomic mass is 10.1. The molecule has 0 bridgehead atoms. The van der Waals surface area contributed by atoms with Crippen molar-refractivity contribution in [1.82, 2.24) is 4.98 Å². The first kappa shape index (κ1) is 10.2. The summed E-state index contributed by atoms with van der Waals surface area (Å²) in [5, 5.41) is 0.367. The molecule has 70 valence electrons. The molecule has 1 unspecified atom stereocenters. The van der Waals surface area contributed by atoms with Gasteiger partial charge in [-0.05, 0) is 31.5 Å². The van der Waals surface area contributed by atoms with Crippen LogP contribution < -0.4 is 5.73 Å². The lowest BCUT2D eigenvalue weighted by molar-refractivity contribution is -0.118. The summed E-state index contributed by atoms with van der Waals surface area (Å²) in [4.78, 5) is 15.0. The van der Waals surface area contributed by atoms with Gasteiger partial charge in [-0.3, -0.25) is 4.79 Å². The van der Waals surface area contributed by atoms with Crippen LogP contribution in [-0.2, 0) is 4.79 Å². The Bertz CT molecular complexity index is 318. The first-order valence-electron chi connectivity index (χ1n) is 3.91.